The molecule has 0 saturated carbocycles. The Morgan fingerprint density at radius 2 is 2.00 bits per heavy atom. The van der Waals surface area contributed by atoms with Crippen molar-refractivity contribution in [2.45, 2.75) is 33.1 Å². The van der Waals surface area contributed by atoms with Crippen LogP contribution in [0.3, 0.4) is 0 Å². The maximum absolute atomic E-state index is 9.03. The molecule has 3 heteroatoms. The summed E-state index contributed by atoms with van der Waals surface area (Å²) in [7, 11) is 0. The Kier molecular flexibility index (Phi) is 9.68. The Hall–Kier alpha value is -0.167. The summed E-state index contributed by atoms with van der Waals surface area (Å²) in [5.41, 5.74) is 0. The molecule has 2 N–H and O–H groups in total. The number of hydrogen-bond acceptors (Lipinski definition) is 1. The minimum absolute atomic E-state index is 0. The molecule has 0 fully saturated rings. The topological polar surface area (TPSA) is 41.6 Å². The molecule has 0 aromatic rings. The van der Waals surface area contributed by atoms with E-state index in [0.717, 1.165) is 6.42 Å². The van der Waals surface area contributed by atoms with Gasteiger partial charge in [-0.3, -0.25) is 4.79 Å². The average Bonchev–Trinajstić information content (AvgIpc) is 1.88. The second-order valence-corrected chi connectivity index (χ2v) is 2.23. The molecule has 0 heterocycles. The molecule has 0 unspecified atom stereocenters. The van der Waals surface area contributed by atoms with Gasteiger partial charge in [0.05, 0.1) is 12.5 Å². The van der Waals surface area contributed by atoms with Crippen LogP contribution in [-0.4, -0.2) is 15.7 Å². The largest absolute Gasteiger partial charge is 0.512 e. The zero-order chi connectivity index (χ0) is 7.98. The SMILES string of the molecule is CCCC(=[OH+])/C=C(\O)CC.[Ru]. The van der Waals surface area contributed by atoms with Gasteiger partial charge in [-0.25, -0.2) is 0 Å². The summed E-state index contributed by atoms with van der Waals surface area (Å²) >= 11 is 0. The first-order chi connectivity index (χ1) is 4.70. The predicted molar refractivity (Wildman–Crippen MR) is 42.9 cm³/mol. The molecule has 0 amide bonds. The van der Waals surface area contributed by atoms with Crippen molar-refractivity contribution in [1.82, 2.24) is 0 Å². The molecule has 0 aromatic heterocycles. The van der Waals surface area contributed by atoms with Crippen LogP contribution in [0.1, 0.15) is 33.1 Å². The molecule has 0 atom stereocenters. The number of rotatable bonds is 4. The fourth-order valence-corrected chi connectivity index (χ4v) is 0.623. The summed E-state index contributed by atoms with van der Waals surface area (Å²) in [4.78, 5) is 9.03. The van der Waals surface area contributed by atoms with E-state index in [9.17, 15) is 0 Å². The molecule has 0 aliphatic carbocycles. The van der Waals surface area contributed by atoms with Gasteiger partial charge in [-0.15, -0.1) is 0 Å². The zero-order valence-corrected chi connectivity index (χ0v) is 8.68. The average molecular weight is 244 g/mol. The van der Waals surface area contributed by atoms with Crippen molar-refractivity contribution in [3.8, 4) is 0 Å². The molecule has 2 nitrogen and oxygen atoms in total. The zero-order valence-electron chi connectivity index (χ0n) is 6.95. The van der Waals surface area contributed by atoms with Crippen molar-refractivity contribution in [2.75, 3.05) is 0 Å². The van der Waals surface area contributed by atoms with Crippen molar-refractivity contribution >= 4 is 5.78 Å². The van der Waals surface area contributed by atoms with Gasteiger partial charge >= 0.3 is 5.78 Å². The molecule has 11 heavy (non-hydrogen) atoms. The maximum atomic E-state index is 9.03. The van der Waals surface area contributed by atoms with Crippen molar-refractivity contribution in [3.63, 3.8) is 0 Å². The van der Waals surface area contributed by atoms with Crippen LogP contribution in [0.25, 0.3) is 0 Å². The van der Waals surface area contributed by atoms with Crippen LogP contribution in [0.5, 0.6) is 0 Å². The molecule has 0 saturated heterocycles. The van der Waals surface area contributed by atoms with E-state index in [1.54, 1.807) is 0 Å². The van der Waals surface area contributed by atoms with E-state index < -0.39 is 0 Å². The maximum Gasteiger partial charge on any atom is 0.319 e. The summed E-state index contributed by atoms with van der Waals surface area (Å²) in [6.45, 7) is 3.82. The Balaban J connectivity index is 0. The molecule has 0 aliphatic heterocycles. The van der Waals surface area contributed by atoms with Gasteiger partial charge in [0.2, 0.25) is 0 Å². The van der Waals surface area contributed by atoms with E-state index in [4.69, 9.17) is 9.90 Å². The van der Waals surface area contributed by atoms with Crippen LogP contribution in [0.4, 0.5) is 0 Å². The quantitative estimate of drug-likeness (QED) is 0.350. The van der Waals surface area contributed by atoms with Gasteiger partial charge in [0.15, 0.2) is 0 Å². The van der Waals surface area contributed by atoms with Crippen LogP contribution in [0.2, 0.25) is 0 Å². The van der Waals surface area contributed by atoms with Crippen molar-refractivity contribution < 1.29 is 29.4 Å². The van der Waals surface area contributed by atoms with Crippen LogP contribution >= 0.6 is 0 Å². The van der Waals surface area contributed by atoms with Gasteiger partial charge in [0, 0.05) is 25.9 Å². The number of aliphatic hydroxyl groups excluding tert-OH is 1. The van der Waals surface area contributed by atoms with Gasteiger partial charge in [-0.05, 0) is 6.42 Å². The normalized spacial score (nSPS) is 10.5. The van der Waals surface area contributed by atoms with E-state index in [1.165, 1.54) is 6.08 Å². The second kappa shape index (κ2) is 7.94. The van der Waals surface area contributed by atoms with Crippen LogP contribution in [0.15, 0.2) is 11.8 Å². The van der Waals surface area contributed by atoms with E-state index in [-0.39, 0.29) is 31.0 Å². The molecule has 0 aromatic carbocycles. The standard InChI is InChI=1S/C8H14O2.Ru/c1-3-5-8(10)6-7(9)4-2;/h6,9H,3-5H2,1-2H3;/p+1/b7-6-;. The summed E-state index contributed by atoms with van der Waals surface area (Å²) < 4.78 is 0. The summed E-state index contributed by atoms with van der Waals surface area (Å²) in [5, 5.41) is 8.94. The number of aliphatic hydroxyl groups is 1. The second-order valence-electron chi connectivity index (χ2n) is 2.23. The van der Waals surface area contributed by atoms with Gasteiger partial charge in [-0.2, -0.15) is 0 Å². The Bertz CT molecular complexity index is 141. The van der Waals surface area contributed by atoms with E-state index >= 15 is 0 Å². The molecular weight excluding hydrogens is 229 g/mol. The fraction of sp³-hybridized carbons (Fsp3) is 0.625. The predicted octanol–water partition coefficient (Wildman–Crippen LogP) is 2.18. The summed E-state index contributed by atoms with van der Waals surface area (Å²) in [5.74, 6) is 0.507. The fourth-order valence-electron chi connectivity index (χ4n) is 0.623. The third-order valence-electron chi connectivity index (χ3n) is 1.20. The first-order valence-corrected chi connectivity index (χ1v) is 3.65. The monoisotopic (exact) mass is 245 g/mol. The first-order valence-electron chi connectivity index (χ1n) is 3.65. The van der Waals surface area contributed by atoms with Gasteiger partial charge in [0.25, 0.3) is 0 Å². The number of carbonyl (C=O) groups excluding carboxylic acids is 1. The molecule has 66 valence electrons. The Morgan fingerprint density at radius 1 is 1.45 bits per heavy atom. The van der Waals surface area contributed by atoms with E-state index in [2.05, 4.69) is 0 Å². The van der Waals surface area contributed by atoms with Crippen molar-refractivity contribution in [1.29, 1.82) is 0 Å². The molecule has 0 spiro atoms. The van der Waals surface area contributed by atoms with E-state index in [1.807, 2.05) is 13.8 Å². The molecule has 0 radical (unpaired) electrons. The van der Waals surface area contributed by atoms with Crippen molar-refractivity contribution in [3.05, 3.63) is 11.8 Å². The van der Waals surface area contributed by atoms with Gasteiger partial charge < -0.3 is 5.11 Å². The van der Waals surface area contributed by atoms with Crippen LogP contribution in [0, 0.1) is 0 Å². The van der Waals surface area contributed by atoms with E-state index in [0.29, 0.717) is 12.8 Å². The molecule has 0 bridgehead atoms. The minimum atomic E-state index is 0. The number of allylic oxidation sites excluding steroid dienone is 2. The Labute approximate surface area is 80.4 Å². The number of ketones is 1. The van der Waals surface area contributed by atoms with Gasteiger partial charge in [-0.1, -0.05) is 13.8 Å². The van der Waals surface area contributed by atoms with Crippen LogP contribution < -0.4 is 0 Å². The molecule has 0 aliphatic rings. The third kappa shape index (κ3) is 7.73. The molecule has 0 rings (SSSR count). The number of hydrogen-bond donors (Lipinski definition) is 1. The van der Waals surface area contributed by atoms with Crippen LogP contribution in [-0.2, 0) is 19.5 Å². The third-order valence-corrected chi connectivity index (χ3v) is 1.20. The van der Waals surface area contributed by atoms with Gasteiger partial charge in [0.1, 0.15) is 5.76 Å². The minimum Gasteiger partial charge on any atom is -0.512 e. The summed E-state index contributed by atoms with van der Waals surface area (Å²) in [6.07, 6.45) is 3.54. The smallest absolute Gasteiger partial charge is 0.319 e. The molecular formula is C8H15O2Ru+. The Morgan fingerprint density at radius 3 is 2.36 bits per heavy atom. The van der Waals surface area contributed by atoms with Crippen molar-refractivity contribution in [2.24, 2.45) is 0 Å². The first kappa shape index (κ1) is 13.4. The summed E-state index contributed by atoms with van der Waals surface area (Å²) in [6, 6.07) is 0.